The number of hydrogen-bond donors (Lipinski definition) is 1. The van der Waals surface area contributed by atoms with Gasteiger partial charge in [0, 0.05) is 12.6 Å². The van der Waals surface area contributed by atoms with E-state index >= 15 is 0 Å². The van der Waals surface area contributed by atoms with Crippen molar-refractivity contribution in [3.8, 4) is 11.5 Å². The third kappa shape index (κ3) is 5.80. The molecule has 0 atom stereocenters. The quantitative estimate of drug-likeness (QED) is 0.644. The summed E-state index contributed by atoms with van der Waals surface area (Å²) in [7, 11) is 1.65. The fourth-order valence-electron chi connectivity index (χ4n) is 3.31. The Balaban J connectivity index is 0.00000243. The zero-order valence-electron chi connectivity index (χ0n) is 15.2. The summed E-state index contributed by atoms with van der Waals surface area (Å²) in [4.78, 5) is 0. The summed E-state index contributed by atoms with van der Waals surface area (Å²) in [6, 6.07) is 14.7. The van der Waals surface area contributed by atoms with Crippen LogP contribution in [0.3, 0.4) is 0 Å². The van der Waals surface area contributed by atoms with Crippen LogP contribution in [0, 0.1) is 0 Å². The first-order valence-corrected chi connectivity index (χ1v) is 9.40. The van der Waals surface area contributed by atoms with E-state index in [4.69, 9.17) is 21.1 Å². The third-order valence-electron chi connectivity index (χ3n) is 4.72. The standard InChI is InChI=1S/C21H26ClNO2.ClH/c1-24-20-13-17(14-23-18-10-6-3-7-11-18)12-19(22)21(20)25-15-16-8-4-2-5-9-16;/h2,4-5,8-9,12-13,18,23H,3,6-7,10-11,14-15H2,1H3;1H. The highest BCUT2D eigenvalue weighted by molar-refractivity contribution is 6.32. The molecule has 1 aliphatic rings. The average molecular weight is 396 g/mol. The van der Waals surface area contributed by atoms with Gasteiger partial charge in [-0.25, -0.2) is 0 Å². The highest BCUT2D eigenvalue weighted by atomic mass is 35.5. The van der Waals surface area contributed by atoms with Gasteiger partial charge in [0.1, 0.15) is 6.61 Å². The zero-order valence-corrected chi connectivity index (χ0v) is 16.7. The largest absolute Gasteiger partial charge is 0.493 e. The molecule has 1 fully saturated rings. The van der Waals surface area contributed by atoms with E-state index in [1.807, 2.05) is 42.5 Å². The van der Waals surface area contributed by atoms with Gasteiger partial charge < -0.3 is 14.8 Å². The molecule has 5 heteroatoms. The molecular weight excluding hydrogens is 369 g/mol. The molecule has 0 aliphatic heterocycles. The predicted octanol–water partition coefficient (Wildman–Crippen LogP) is 5.77. The van der Waals surface area contributed by atoms with Crippen molar-refractivity contribution in [2.75, 3.05) is 7.11 Å². The average Bonchev–Trinajstić information content (AvgIpc) is 2.66. The Morgan fingerprint density at radius 2 is 1.77 bits per heavy atom. The maximum absolute atomic E-state index is 6.47. The van der Waals surface area contributed by atoms with Crippen LogP contribution in [-0.2, 0) is 13.2 Å². The lowest BCUT2D eigenvalue weighted by Gasteiger charge is -2.23. The van der Waals surface area contributed by atoms with Crippen molar-refractivity contribution in [2.24, 2.45) is 0 Å². The Kier molecular flexibility index (Phi) is 8.56. The molecule has 3 nitrogen and oxygen atoms in total. The van der Waals surface area contributed by atoms with Gasteiger partial charge in [0.25, 0.3) is 0 Å². The molecule has 0 amide bonds. The second-order valence-corrected chi connectivity index (χ2v) is 7.01. The summed E-state index contributed by atoms with van der Waals surface area (Å²) in [6.07, 6.45) is 6.56. The Bertz CT molecular complexity index is 673. The van der Waals surface area contributed by atoms with Crippen molar-refractivity contribution in [3.05, 3.63) is 58.6 Å². The molecular formula is C21H27Cl2NO2. The van der Waals surface area contributed by atoms with Crippen LogP contribution in [0.25, 0.3) is 0 Å². The van der Waals surface area contributed by atoms with E-state index in [0.717, 1.165) is 17.7 Å². The highest BCUT2D eigenvalue weighted by Gasteiger charge is 2.15. The van der Waals surface area contributed by atoms with E-state index < -0.39 is 0 Å². The summed E-state index contributed by atoms with van der Waals surface area (Å²) in [5.41, 5.74) is 2.23. The maximum atomic E-state index is 6.47. The molecule has 0 spiro atoms. The van der Waals surface area contributed by atoms with Crippen molar-refractivity contribution in [3.63, 3.8) is 0 Å². The molecule has 0 saturated heterocycles. The molecule has 1 aliphatic carbocycles. The van der Waals surface area contributed by atoms with Gasteiger partial charge >= 0.3 is 0 Å². The molecule has 1 saturated carbocycles. The number of methoxy groups -OCH3 is 1. The van der Waals surface area contributed by atoms with Crippen LogP contribution in [-0.4, -0.2) is 13.2 Å². The lowest BCUT2D eigenvalue weighted by atomic mass is 9.95. The van der Waals surface area contributed by atoms with E-state index in [9.17, 15) is 0 Å². The van der Waals surface area contributed by atoms with Crippen molar-refractivity contribution < 1.29 is 9.47 Å². The van der Waals surface area contributed by atoms with E-state index in [0.29, 0.717) is 29.2 Å². The molecule has 2 aromatic carbocycles. The van der Waals surface area contributed by atoms with Gasteiger partial charge in [-0.2, -0.15) is 0 Å². The van der Waals surface area contributed by atoms with Gasteiger partial charge in [0.15, 0.2) is 11.5 Å². The minimum Gasteiger partial charge on any atom is -0.493 e. The smallest absolute Gasteiger partial charge is 0.180 e. The molecule has 26 heavy (non-hydrogen) atoms. The summed E-state index contributed by atoms with van der Waals surface area (Å²) < 4.78 is 11.4. The minimum absolute atomic E-state index is 0. The van der Waals surface area contributed by atoms with E-state index in [1.165, 1.54) is 32.1 Å². The topological polar surface area (TPSA) is 30.5 Å². The normalized spacial score (nSPS) is 14.5. The van der Waals surface area contributed by atoms with Gasteiger partial charge in [-0.05, 0) is 36.1 Å². The van der Waals surface area contributed by atoms with Gasteiger partial charge in [0.2, 0.25) is 0 Å². The fraction of sp³-hybridized carbons (Fsp3) is 0.429. The zero-order chi connectivity index (χ0) is 17.5. The van der Waals surface area contributed by atoms with Gasteiger partial charge in [0.05, 0.1) is 12.1 Å². The molecule has 0 unspecified atom stereocenters. The summed E-state index contributed by atoms with van der Waals surface area (Å²) in [5.74, 6) is 1.29. The summed E-state index contributed by atoms with van der Waals surface area (Å²) in [6.45, 7) is 1.27. The Labute approximate surface area is 167 Å². The van der Waals surface area contributed by atoms with E-state index in [1.54, 1.807) is 7.11 Å². The number of halogens is 2. The number of benzene rings is 2. The highest BCUT2D eigenvalue weighted by Crippen LogP contribution is 2.37. The van der Waals surface area contributed by atoms with E-state index in [2.05, 4.69) is 5.32 Å². The lowest BCUT2D eigenvalue weighted by Crippen LogP contribution is -2.30. The fourth-order valence-corrected chi connectivity index (χ4v) is 3.60. The maximum Gasteiger partial charge on any atom is 0.180 e. The molecule has 0 heterocycles. The van der Waals surface area contributed by atoms with Crippen LogP contribution >= 0.6 is 24.0 Å². The molecule has 0 aromatic heterocycles. The molecule has 0 radical (unpaired) electrons. The monoisotopic (exact) mass is 395 g/mol. The summed E-state index contributed by atoms with van der Waals surface area (Å²) >= 11 is 6.47. The Hall–Kier alpha value is -1.42. The number of ether oxygens (including phenoxy) is 2. The van der Waals surface area contributed by atoms with Crippen LogP contribution < -0.4 is 14.8 Å². The third-order valence-corrected chi connectivity index (χ3v) is 5.00. The predicted molar refractivity (Wildman–Crippen MR) is 110 cm³/mol. The van der Waals surface area contributed by atoms with Crippen LogP contribution in [0.4, 0.5) is 0 Å². The van der Waals surface area contributed by atoms with Crippen molar-refractivity contribution >= 4 is 24.0 Å². The second kappa shape index (κ2) is 10.7. The molecule has 1 N–H and O–H groups in total. The number of nitrogens with one attached hydrogen (secondary N) is 1. The van der Waals surface area contributed by atoms with Crippen molar-refractivity contribution in [1.29, 1.82) is 0 Å². The number of rotatable bonds is 7. The first kappa shape index (κ1) is 20.9. The summed E-state index contributed by atoms with van der Waals surface area (Å²) in [5, 5.41) is 4.23. The molecule has 0 bridgehead atoms. The Morgan fingerprint density at radius 3 is 2.46 bits per heavy atom. The first-order chi connectivity index (χ1) is 12.3. The van der Waals surface area contributed by atoms with Gasteiger partial charge in [-0.1, -0.05) is 61.2 Å². The SMILES string of the molecule is COc1cc(CNC2CCCCC2)cc(Cl)c1OCc1ccccc1.Cl. The Morgan fingerprint density at radius 1 is 1.04 bits per heavy atom. The van der Waals surface area contributed by atoms with Crippen LogP contribution in [0.5, 0.6) is 11.5 Å². The van der Waals surface area contributed by atoms with Gasteiger partial charge in [-0.3, -0.25) is 0 Å². The first-order valence-electron chi connectivity index (χ1n) is 9.03. The van der Waals surface area contributed by atoms with E-state index in [-0.39, 0.29) is 12.4 Å². The molecule has 3 rings (SSSR count). The van der Waals surface area contributed by atoms with Gasteiger partial charge in [-0.15, -0.1) is 12.4 Å². The molecule has 142 valence electrons. The second-order valence-electron chi connectivity index (χ2n) is 6.60. The molecule has 2 aromatic rings. The number of hydrogen-bond acceptors (Lipinski definition) is 3. The lowest BCUT2D eigenvalue weighted by molar-refractivity contribution is 0.284. The minimum atomic E-state index is 0. The van der Waals surface area contributed by atoms with Crippen molar-refractivity contribution in [2.45, 2.75) is 51.3 Å². The van der Waals surface area contributed by atoms with Crippen LogP contribution in [0.15, 0.2) is 42.5 Å². The van der Waals surface area contributed by atoms with Crippen molar-refractivity contribution in [1.82, 2.24) is 5.32 Å². The van der Waals surface area contributed by atoms with Crippen LogP contribution in [0.2, 0.25) is 5.02 Å². The van der Waals surface area contributed by atoms with Crippen LogP contribution in [0.1, 0.15) is 43.2 Å².